The van der Waals surface area contributed by atoms with Crippen molar-refractivity contribution in [2.45, 2.75) is 6.42 Å². The van der Waals surface area contributed by atoms with Gasteiger partial charge in [-0.1, -0.05) is 0 Å². The Morgan fingerprint density at radius 1 is 1.33 bits per heavy atom. The Bertz CT molecular complexity index is 165. The van der Waals surface area contributed by atoms with E-state index in [1.165, 1.54) is 14.2 Å². The zero-order chi connectivity index (χ0) is 9.56. The molecular formula is C7H12O5. The van der Waals surface area contributed by atoms with Gasteiger partial charge in [-0.3, -0.25) is 9.59 Å². The highest BCUT2D eigenvalue weighted by Crippen LogP contribution is 2.05. The Morgan fingerprint density at radius 3 is 2.25 bits per heavy atom. The van der Waals surface area contributed by atoms with Crippen molar-refractivity contribution in [2.75, 3.05) is 20.8 Å². The van der Waals surface area contributed by atoms with Crippen LogP contribution in [0.5, 0.6) is 0 Å². The van der Waals surface area contributed by atoms with Gasteiger partial charge in [-0.05, 0) is 0 Å². The Balaban J connectivity index is 3.99. The van der Waals surface area contributed by atoms with E-state index in [1.807, 2.05) is 0 Å². The van der Waals surface area contributed by atoms with Gasteiger partial charge in [-0.2, -0.15) is 0 Å². The lowest BCUT2D eigenvalue weighted by atomic mass is 10.1. The van der Waals surface area contributed by atoms with Gasteiger partial charge in [-0.15, -0.1) is 0 Å². The molecule has 0 radical (unpaired) electrons. The zero-order valence-corrected chi connectivity index (χ0v) is 7.07. The second-order valence-electron chi connectivity index (χ2n) is 2.18. The van der Waals surface area contributed by atoms with Crippen molar-refractivity contribution in [3.63, 3.8) is 0 Å². The quantitative estimate of drug-likeness (QED) is 0.575. The van der Waals surface area contributed by atoms with Crippen molar-refractivity contribution in [1.29, 1.82) is 0 Å². The van der Waals surface area contributed by atoms with Gasteiger partial charge in [0.25, 0.3) is 0 Å². The lowest BCUT2D eigenvalue weighted by molar-refractivity contribution is -0.153. The average molecular weight is 176 g/mol. The van der Waals surface area contributed by atoms with E-state index in [9.17, 15) is 9.59 Å². The van der Waals surface area contributed by atoms with Crippen molar-refractivity contribution < 1.29 is 24.2 Å². The van der Waals surface area contributed by atoms with Crippen LogP contribution in [0.15, 0.2) is 0 Å². The molecule has 0 rings (SSSR count). The second-order valence-corrected chi connectivity index (χ2v) is 2.18. The van der Waals surface area contributed by atoms with Crippen molar-refractivity contribution in [1.82, 2.24) is 0 Å². The van der Waals surface area contributed by atoms with Crippen LogP contribution in [0.1, 0.15) is 6.42 Å². The van der Waals surface area contributed by atoms with Gasteiger partial charge in [0.15, 0.2) is 0 Å². The summed E-state index contributed by atoms with van der Waals surface area (Å²) in [5, 5.41) is 8.66. The van der Waals surface area contributed by atoms with Crippen LogP contribution in [0.3, 0.4) is 0 Å². The smallest absolute Gasteiger partial charge is 0.311 e. The van der Waals surface area contributed by atoms with E-state index in [4.69, 9.17) is 5.11 Å². The predicted molar refractivity (Wildman–Crippen MR) is 39.2 cm³/mol. The molecule has 0 aromatic heterocycles. The molecule has 0 saturated carbocycles. The fourth-order valence-corrected chi connectivity index (χ4v) is 0.674. The van der Waals surface area contributed by atoms with Crippen LogP contribution in [0.25, 0.3) is 0 Å². The molecule has 0 aromatic carbocycles. The molecule has 0 fully saturated rings. The number of rotatable bonds is 4. The van der Waals surface area contributed by atoms with Crippen molar-refractivity contribution >= 4 is 11.9 Å². The highest BCUT2D eigenvalue weighted by atomic mass is 16.5. The van der Waals surface area contributed by atoms with Gasteiger partial charge >= 0.3 is 11.9 Å². The Hall–Kier alpha value is -1.10. The van der Waals surface area contributed by atoms with Gasteiger partial charge in [0.05, 0.1) is 33.2 Å². The van der Waals surface area contributed by atoms with Crippen LogP contribution in [0, 0.1) is 5.92 Å². The summed E-state index contributed by atoms with van der Waals surface area (Å²) in [4.78, 5) is 21.5. The molecule has 1 N–H and O–H groups in total. The third kappa shape index (κ3) is 3.34. The summed E-state index contributed by atoms with van der Waals surface area (Å²) in [5.41, 5.74) is 0. The number of esters is 2. The van der Waals surface area contributed by atoms with E-state index >= 15 is 0 Å². The number of aliphatic hydroxyl groups is 1. The first-order valence-corrected chi connectivity index (χ1v) is 3.41. The molecule has 0 spiro atoms. The number of carbonyl (C=O) groups excluding carboxylic acids is 2. The maximum absolute atomic E-state index is 10.8. The average Bonchev–Trinajstić information content (AvgIpc) is 2.12. The van der Waals surface area contributed by atoms with Crippen molar-refractivity contribution in [3.05, 3.63) is 0 Å². The van der Waals surface area contributed by atoms with Crippen LogP contribution in [0.2, 0.25) is 0 Å². The molecule has 70 valence electrons. The van der Waals surface area contributed by atoms with E-state index in [0.29, 0.717) is 0 Å². The number of hydrogen-bond donors (Lipinski definition) is 1. The molecular weight excluding hydrogens is 164 g/mol. The largest absolute Gasteiger partial charge is 0.469 e. The minimum Gasteiger partial charge on any atom is -0.469 e. The van der Waals surface area contributed by atoms with E-state index in [0.717, 1.165) is 0 Å². The van der Waals surface area contributed by atoms with E-state index in [2.05, 4.69) is 9.47 Å². The zero-order valence-electron chi connectivity index (χ0n) is 7.07. The van der Waals surface area contributed by atoms with Gasteiger partial charge in [0.2, 0.25) is 0 Å². The molecule has 0 aliphatic rings. The monoisotopic (exact) mass is 176 g/mol. The summed E-state index contributed by atoms with van der Waals surface area (Å²) in [6.07, 6.45) is -0.153. The van der Waals surface area contributed by atoms with Crippen LogP contribution < -0.4 is 0 Å². The molecule has 0 amide bonds. The molecule has 0 aliphatic heterocycles. The highest BCUT2D eigenvalue weighted by molar-refractivity contribution is 5.79. The standard InChI is InChI=1S/C7H12O5/c1-11-6(9)3-5(4-8)7(10)12-2/h5,8H,3-4H2,1-2H3. The highest BCUT2D eigenvalue weighted by Gasteiger charge is 2.21. The summed E-state index contributed by atoms with van der Waals surface area (Å²) < 4.78 is 8.66. The molecule has 0 aromatic rings. The number of carbonyl (C=O) groups is 2. The van der Waals surface area contributed by atoms with Crippen LogP contribution in [0.4, 0.5) is 0 Å². The number of methoxy groups -OCH3 is 2. The van der Waals surface area contributed by atoms with Crippen molar-refractivity contribution in [2.24, 2.45) is 5.92 Å². The summed E-state index contributed by atoms with van der Waals surface area (Å²) in [5.74, 6) is -1.97. The summed E-state index contributed by atoms with van der Waals surface area (Å²) >= 11 is 0. The van der Waals surface area contributed by atoms with Gasteiger partial charge in [-0.25, -0.2) is 0 Å². The van der Waals surface area contributed by atoms with Crippen LogP contribution in [-0.4, -0.2) is 37.9 Å². The minimum atomic E-state index is -0.817. The Morgan fingerprint density at radius 2 is 1.92 bits per heavy atom. The summed E-state index contributed by atoms with van der Waals surface area (Å²) in [6, 6.07) is 0. The molecule has 0 heterocycles. The van der Waals surface area contributed by atoms with Crippen LogP contribution in [-0.2, 0) is 19.1 Å². The van der Waals surface area contributed by atoms with Crippen LogP contribution >= 0.6 is 0 Å². The Labute approximate surface area is 70.3 Å². The molecule has 5 nitrogen and oxygen atoms in total. The first kappa shape index (κ1) is 10.9. The van der Waals surface area contributed by atoms with Crippen molar-refractivity contribution in [3.8, 4) is 0 Å². The Kier molecular flexibility index (Phi) is 5.03. The van der Waals surface area contributed by atoms with E-state index in [-0.39, 0.29) is 6.42 Å². The number of ether oxygens (including phenoxy) is 2. The molecule has 12 heavy (non-hydrogen) atoms. The molecule has 5 heteroatoms. The number of hydrogen-bond acceptors (Lipinski definition) is 5. The lowest BCUT2D eigenvalue weighted by Gasteiger charge is -2.09. The van der Waals surface area contributed by atoms with Gasteiger partial charge in [0, 0.05) is 0 Å². The fraction of sp³-hybridized carbons (Fsp3) is 0.714. The summed E-state index contributed by atoms with van der Waals surface area (Å²) in [6.45, 7) is -0.415. The normalized spacial score (nSPS) is 11.9. The minimum absolute atomic E-state index is 0.153. The second kappa shape index (κ2) is 5.54. The SMILES string of the molecule is COC(=O)CC(CO)C(=O)OC. The lowest BCUT2D eigenvalue weighted by Crippen LogP contribution is -2.23. The molecule has 0 aliphatic carbocycles. The maximum Gasteiger partial charge on any atom is 0.311 e. The van der Waals surface area contributed by atoms with Gasteiger partial charge in [0.1, 0.15) is 0 Å². The number of aliphatic hydroxyl groups excluding tert-OH is 1. The van der Waals surface area contributed by atoms with E-state index in [1.54, 1.807) is 0 Å². The maximum atomic E-state index is 10.8. The third-order valence-electron chi connectivity index (χ3n) is 1.40. The molecule has 1 unspecified atom stereocenters. The summed E-state index contributed by atoms with van der Waals surface area (Å²) in [7, 11) is 2.41. The van der Waals surface area contributed by atoms with E-state index < -0.39 is 24.5 Å². The fourth-order valence-electron chi connectivity index (χ4n) is 0.674. The molecule has 1 atom stereocenters. The molecule has 0 saturated heterocycles. The topological polar surface area (TPSA) is 72.8 Å². The molecule has 0 bridgehead atoms. The van der Waals surface area contributed by atoms with Gasteiger partial charge < -0.3 is 14.6 Å². The third-order valence-corrected chi connectivity index (χ3v) is 1.40. The predicted octanol–water partition coefficient (Wildman–Crippen LogP) is -0.669. The first-order valence-electron chi connectivity index (χ1n) is 3.41. The first-order chi connectivity index (χ1) is 5.65.